The molecule has 1 aliphatic carbocycles. The Bertz CT molecular complexity index is 371. The summed E-state index contributed by atoms with van der Waals surface area (Å²) in [6.07, 6.45) is 1.32. The maximum atomic E-state index is 5.98. The van der Waals surface area contributed by atoms with E-state index in [4.69, 9.17) is 14.2 Å². The summed E-state index contributed by atoms with van der Waals surface area (Å²) in [4.78, 5) is 0. The molecule has 1 saturated carbocycles. The van der Waals surface area contributed by atoms with Crippen molar-refractivity contribution in [2.45, 2.75) is 38.2 Å². The van der Waals surface area contributed by atoms with Gasteiger partial charge in [-0.1, -0.05) is 37.3 Å². The van der Waals surface area contributed by atoms with E-state index in [1.54, 1.807) is 7.11 Å². The van der Waals surface area contributed by atoms with Gasteiger partial charge >= 0.3 is 0 Å². The largest absolute Gasteiger partial charge is 0.382 e. The fraction of sp³-hybridized carbons (Fsp3) is 0.625. The highest BCUT2D eigenvalue weighted by atomic mass is 16.6. The number of likely N-dealkylation sites (N-methyl/N-ethyl adjacent to an activating group) is 1. The standard InChI is InChI=1S/C16H25NO3/c1-3-17-14-11-15(16(14)19-10-9-18-2)20-12-13-7-5-4-6-8-13/h4-8,14-17H,3,9-12H2,1-2H3. The van der Waals surface area contributed by atoms with Crippen molar-refractivity contribution in [3.8, 4) is 0 Å². The number of nitrogens with one attached hydrogen (secondary N) is 1. The summed E-state index contributed by atoms with van der Waals surface area (Å²) in [5.41, 5.74) is 1.20. The van der Waals surface area contributed by atoms with Crippen LogP contribution in [0.5, 0.6) is 0 Å². The van der Waals surface area contributed by atoms with Gasteiger partial charge in [0.2, 0.25) is 0 Å². The number of hydrogen-bond acceptors (Lipinski definition) is 4. The van der Waals surface area contributed by atoms with Crippen molar-refractivity contribution in [3.05, 3.63) is 35.9 Å². The molecule has 4 nitrogen and oxygen atoms in total. The van der Waals surface area contributed by atoms with Crippen molar-refractivity contribution in [2.24, 2.45) is 0 Å². The van der Waals surface area contributed by atoms with Crippen LogP contribution in [0.3, 0.4) is 0 Å². The Morgan fingerprint density at radius 3 is 2.65 bits per heavy atom. The van der Waals surface area contributed by atoms with Crippen LogP contribution in [-0.2, 0) is 20.8 Å². The Morgan fingerprint density at radius 2 is 1.95 bits per heavy atom. The monoisotopic (exact) mass is 279 g/mol. The van der Waals surface area contributed by atoms with Gasteiger partial charge in [0.05, 0.1) is 32.0 Å². The third kappa shape index (κ3) is 4.28. The molecule has 0 saturated heterocycles. The SMILES string of the molecule is CCNC1CC(OCc2ccccc2)C1OCCOC. The molecule has 2 rings (SSSR count). The summed E-state index contributed by atoms with van der Waals surface area (Å²) in [6.45, 7) is 4.97. The molecule has 112 valence electrons. The fourth-order valence-corrected chi connectivity index (χ4v) is 2.47. The summed E-state index contributed by atoms with van der Waals surface area (Å²) in [6, 6.07) is 10.7. The molecule has 1 aromatic rings. The minimum absolute atomic E-state index is 0.133. The summed E-state index contributed by atoms with van der Waals surface area (Å²) >= 11 is 0. The normalized spacial score (nSPS) is 25.4. The van der Waals surface area contributed by atoms with Crippen LogP contribution in [0.1, 0.15) is 18.9 Å². The van der Waals surface area contributed by atoms with Gasteiger partial charge in [-0.2, -0.15) is 0 Å². The van der Waals surface area contributed by atoms with E-state index in [0.717, 1.165) is 13.0 Å². The number of methoxy groups -OCH3 is 1. The first kappa shape index (κ1) is 15.4. The van der Waals surface area contributed by atoms with Crippen LogP contribution in [0.4, 0.5) is 0 Å². The quantitative estimate of drug-likeness (QED) is 0.702. The number of rotatable bonds is 9. The predicted molar refractivity (Wildman–Crippen MR) is 78.7 cm³/mol. The summed E-state index contributed by atoms with van der Waals surface area (Å²) in [5, 5.41) is 3.44. The van der Waals surface area contributed by atoms with E-state index >= 15 is 0 Å². The summed E-state index contributed by atoms with van der Waals surface area (Å²) < 4.78 is 16.9. The lowest BCUT2D eigenvalue weighted by Crippen LogP contribution is -2.60. The lowest BCUT2D eigenvalue weighted by molar-refractivity contribution is -0.156. The first-order chi connectivity index (χ1) is 9.85. The molecule has 1 fully saturated rings. The molecule has 20 heavy (non-hydrogen) atoms. The van der Waals surface area contributed by atoms with Crippen LogP contribution in [-0.4, -0.2) is 45.1 Å². The summed E-state index contributed by atoms with van der Waals surface area (Å²) in [5.74, 6) is 0. The molecule has 0 spiro atoms. The predicted octanol–water partition coefficient (Wildman–Crippen LogP) is 1.99. The molecule has 1 N–H and O–H groups in total. The highest BCUT2D eigenvalue weighted by Gasteiger charge is 2.42. The van der Waals surface area contributed by atoms with Crippen molar-refractivity contribution < 1.29 is 14.2 Å². The second kappa shape index (κ2) is 8.37. The van der Waals surface area contributed by atoms with E-state index in [-0.39, 0.29) is 12.2 Å². The van der Waals surface area contributed by atoms with Crippen molar-refractivity contribution in [3.63, 3.8) is 0 Å². The third-order valence-electron chi connectivity index (χ3n) is 3.62. The van der Waals surface area contributed by atoms with E-state index in [0.29, 0.717) is 25.9 Å². The molecule has 1 aliphatic rings. The Hall–Kier alpha value is -0.940. The van der Waals surface area contributed by atoms with Crippen LogP contribution in [0.25, 0.3) is 0 Å². The van der Waals surface area contributed by atoms with E-state index < -0.39 is 0 Å². The maximum Gasteiger partial charge on any atom is 0.0991 e. The molecule has 3 atom stereocenters. The molecule has 0 amide bonds. The highest BCUT2D eigenvalue weighted by Crippen LogP contribution is 2.28. The molecule has 0 bridgehead atoms. The molecule has 0 radical (unpaired) electrons. The Labute approximate surface area is 121 Å². The van der Waals surface area contributed by atoms with Gasteiger partial charge in [0, 0.05) is 13.2 Å². The zero-order valence-electron chi connectivity index (χ0n) is 12.4. The van der Waals surface area contributed by atoms with Gasteiger partial charge in [-0.05, 0) is 18.5 Å². The lowest BCUT2D eigenvalue weighted by atomic mass is 9.85. The molecular weight excluding hydrogens is 254 g/mol. The average Bonchev–Trinajstić information content (AvgIpc) is 2.47. The van der Waals surface area contributed by atoms with Crippen molar-refractivity contribution in [1.29, 1.82) is 0 Å². The lowest BCUT2D eigenvalue weighted by Gasteiger charge is -2.44. The third-order valence-corrected chi connectivity index (χ3v) is 3.62. The minimum atomic E-state index is 0.133. The van der Waals surface area contributed by atoms with Crippen LogP contribution < -0.4 is 5.32 Å². The van der Waals surface area contributed by atoms with E-state index in [1.807, 2.05) is 18.2 Å². The highest BCUT2D eigenvalue weighted by molar-refractivity contribution is 5.13. The van der Waals surface area contributed by atoms with Gasteiger partial charge in [0.1, 0.15) is 0 Å². The topological polar surface area (TPSA) is 39.7 Å². The van der Waals surface area contributed by atoms with E-state index in [1.165, 1.54) is 5.56 Å². The van der Waals surface area contributed by atoms with Crippen molar-refractivity contribution >= 4 is 0 Å². The van der Waals surface area contributed by atoms with Crippen LogP contribution in [0.2, 0.25) is 0 Å². The Kier molecular flexibility index (Phi) is 6.47. The molecule has 1 aromatic carbocycles. The number of hydrogen-bond donors (Lipinski definition) is 1. The number of ether oxygens (including phenoxy) is 3. The Morgan fingerprint density at radius 1 is 1.15 bits per heavy atom. The maximum absolute atomic E-state index is 5.98. The second-order valence-corrected chi connectivity index (χ2v) is 5.06. The van der Waals surface area contributed by atoms with Crippen molar-refractivity contribution in [1.82, 2.24) is 5.32 Å². The van der Waals surface area contributed by atoms with Crippen molar-refractivity contribution in [2.75, 3.05) is 26.9 Å². The molecule has 4 heteroatoms. The molecular formula is C16H25NO3. The fourth-order valence-electron chi connectivity index (χ4n) is 2.47. The smallest absolute Gasteiger partial charge is 0.0991 e. The molecule has 0 aromatic heterocycles. The van der Waals surface area contributed by atoms with Gasteiger partial charge in [0.15, 0.2) is 0 Å². The van der Waals surface area contributed by atoms with Crippen LogP contribution in [0.15, 0.2) is 30.3 Å². The molecule has 0 aliphatic heterocycles. The van der Waals surface area contributed by atoms with Gasteiger partial charge in [-0.15, -0.1) is 0 Å². The second-order valence-electron chi connectivity index (χ2n) is 5.06. The minimum Gasteiger partial charge on any atom is -0.382 e. The van der Waals surface area contributed by atoms with Gasteiger partial charge in [0.25, 0.3) is 0 Å². The zero-order valence-corrected chi connectivity index (χ0v) is 12.4. The summed E-state index contributed by atoms with van der Waals surface area (Å²) in [7, 11) is 1.69. The van der Waals surface area contributed by atoms with Gasteiger partial charge < -0.3 is 19.5 Å². The first-order valence-electron chi connectivity index (χ1n) is 7.34. The van der Waals surface area contributed by atoms with E-state index in [2.05, 4.69) is 24.4 Å². The Balaban J connectivity index is 1.77. The molecule has 0 heterocycles. The van der Waals surface area contributed by atoms with Crippen LogP contribution >= 0.6 is 0 Å². The molecule has 3 unspecified atom stereocenters. The number of benzene rings is 1. The average molecular weight is 279 g/mol. The van der Waals surface area contributed by atoms with Gasteiger partial charge in [-0.25, -0.2) is 0 Å². The zero-order chi connectivity index (χ0) is 14.2. The first-order valence-corrected chi connectivity index (χ1v) is 7.34. The van der Waals surface area contributed by atoms with Gasteiger partial charge in [-0.3, -0.25) is 0 Å². The van der Waals surface area contributed by atoms with E-state index in [9.17, 15) is 0 Å². The van der Waals surface area contributed by atoms with Crippen LogP contribution in [0, 0.1) is 0 Å².